The SMILES string of the molecule is Cc1noc(CCNC(=O)N2CC(C)CC(C)C2)n1. The largest absolute Gasteiger partial charge is 0.339 e. The van der Waals surface area contributed by atoms with Crippen LogP contribution in [0.3, 0.4) is 0 Å². The topological polar surface area (TPSA) is 71.3 Å². The van der Waals surface area contributed by atoms with Gasteiger partial charge in [-0.05, 0) is 25.2 Å². The normalized spacial score (nSPS) is 23.4. The van der Waals surface area contributed by atoms with Gasteiger partial charge in [0, 0.05) is 26.1 Å². The molecular formula is C13H22N4O2. The summed E-state index contributed by atoms with van der Waals surface area (Å²) in [4.78, 5) is 18.0. The smallest absolute Gasteiger partial charge is 0.317 e. The monoisotopic (exact) mass is 266 g/mol. The molecule has 19 heavy (non-hydrogen) atoms. The Hall–Kier alpha value is -1.59. The molecule has 1 aliphatic rings. The van der Waals surface area contributed by atoms with Crippen LogP contribution in [0.25, 0.3) is 0 Å². The maximum atomic E-state index is 12.0. The summed E-state index contributed by atoms with van der Waals surface area (Å²) >= 11 is 0. The Morgan fingerprint density at radius 3 is 2.68 bits per heavy atom. The molecule has 2 rings (SSSR count). The van der Waals surface area contributed by atoms with Crippen LogP contribution in [0.5, 0.6) is 0 Å². The number of carbonyl (C=O) groups excluding carboxylic acids is 1. The summed E-state index contributed by atoms with van der Waals surface area (Å²) in [5.41, 5.74) is 0. The first-order valence-corrected chi connectivity index (χ1v) is 6.86. The van der Waals surface area contributed by atoms with E-state index in [2.05, 4.69) is 29.3 Å². The minimum absolute atomic E-state index is 0.00892. The third-order valence-electron chi connectivity index (χ3n) is 3.34. The first kappa shape index (κ1) is 13.8. The highest BCUT2D eigenvalue weighted by molar-refractivity contribution is 5.74. The van der Waals surface area contributed by atoms with Gasteiger partial charge in [0.15, 0.2) is 5.82 Å². The molecule has 0 aromatic carbocycles. The van der Waals surface area contributed by atoms with Crippen LogP contribution in [-0.4, -0.2) is 40.7 Å². The molecule has 0 bridgehead atoms. The van der Waals surface area contributed by atoms with Crippen molar-refractivity contribution >= 4 is 6.03 Å². The quantitative estimate of drug-likeness (QED) is 0.902. The molecule has 106 valence electrons. The van der Waals surface area contributed by atoms with Crippen LogP contribution < -0.4 is 5.32 Å². The van der Waals surface area contributed by atoms with Gasteiger partial charge in [0.05, 0.1) is 0 Å². The zero-order valence-corrected chi connectivity index (χ0v) is 11.8. The number of amides is 2. The van der Waals surface area contributed by atoms with Crippen LogP contribution in [0, 0.1) is 18.8 Å². The Bertz CT molecular complexity index is 422. The fourth-order valence-corrected chi connectivity index (χ4v) is 2.66. The summed E-state index contributed by atoms with van der Waals surface area (Å²) in [7, 11) is 0. The molecule has 1 aromatic rings. The van der Waals surface area contributed by atoms with Crippen molar-refractivity contribution in [1.82, 2.24) is 20.4 Å². The Labute approximate surface area is 113 Å². The number of piperidine rings is 1. The fourth-order valence-electron chi connectivity index (χ4n) is 2.66. The minimum Gasteiger partial charge on any atom is -0.339 e. The number of nitrogens with zero attached hydrogens (tertiary/aromatic N) is 3. The van der Waals surface area contributed by atoms with Crippen LogP contribution in [0.1, 0.15) is 32.0 Å². The van der Waals surface area contributed by atoms with Gasteiger partial charge in [-0.3, -0.25) is 0 Å². The number of hydrogen-bond donors (Lipinski definition) is 1. The summed E-state index contributed by atoms with van der Waals surface area (Å²) < 4.78 is 5.00. The lowest BCUT2D eigenvalue weighted by Gasteiger charge is -2.34. The number of urea groups is 1. The number of hydrogen-bond acceptors (Lipinski definition) is 4. The summed E-state index contributed by atoms with van der Waals surface area (Å²) in [6.07, 6.45) is 1.77. The lowest BCUT2D eigenvalue weighted by atomic mass is 9.92. The van der Waals surface area contributed by atoms with E-state index < -0.39 is 0 Å². The average Bonchev–Trinajstić information content (AvgIpc) is 2.73. The van der Waals surface area contributed by atoms with E-state index >= 15 is 0 Å². The van der Waals surface area contributed by atoms with E-state index in [-0.39, 0.29) is 6.03 Å². The number of nitrogens with one attached hydrogen (secondary N) is 1. The molecule has 0 saturated carbocycles. The molecule has 1 N–H and O–H groups in total. The van der Waals surface area contributed by atoms with Crippen molar-refractivity contribution in [1.29, 1.82) is 0 Å². The van der Waals surface area contributed by atoms with Crippen LogP contribution >= 0.6 is 0 Å². The molecule has 0 spiro atoms. The van der Waals surface area contributed by atoms with Crippen molar-refractivity contribution in [3.8, 4) is 0 Å². The first-order valence-electron chi connectivity index (χ1n) is 6.86. The lowest BCUT2D eigenvalue weighted by Crippen LogP contribution is -2.47. The summed E-state index contributed by atoms with van der Waals surface area (Å²) in [5.74, 6) is 2.35. The maximum absolute atomic E-state index is 12.0. The van der Waals surface area contributed by atoms with E-state index in [0.29, 0.717) is 36.5 Å². The van der Waals surface area contributed by atoms with Crippen molar-refractivity contribution in [3.05, 3.63) is 11.7 Å². The van der Waals surface area contributed by atoms with E-state index in [1.54, 1.807) is 6.92 Å². The Balaban J connectivity index is 1.74. The van der Waals surface area contributed by atoms with E-state index in [0.717, 1.165) is 13.1 Å². The molecule has 6 nitrogen and oxygen atoms in total. The molecule has 1 saturated heterocycles. The van der Waals surface area contributed by atoms with E-state index in [1.165, 1.54) is 6.42 Å². The van der Waals surface area contributed by atoms with E-state index in [9.17, 15) is 4.79 Å². The zero-order chi connectivity index (χ0) is 13.8. The van der Waals surface area contributed by atoms with Gasteiger partial charge in [-0.1, -0.05) is 19.0 Å². The summed E-state index contributed by atoms with van der Waals surface area (Å²) in [6.45, 7) is 8.38. The second kappa shape index (κ2) is 6.04. The number of likely N-dealkylation sites (tertiary alicyclic amines) is 1. The standard InChI is InChI=1S/C13H22N4O2/c1-9-6-10(2)8-17(7-9)13(18)14-5-4-12-15-11(3)16-19-12/h9-10H,4-8H2,1-3H3,(H,14,18). The van der Waals surface area contributed by atoms with E-state index in [1.807, 2.05) is 4.90 Å². The molecule has 0 aliphatic carbocycles. The third kappa shape index (κ3) is 3.94. The fraction of sp³-hybridized carbons (Fsp3) is 0.769. The maximum Gasteiger partial charge on any atom is 0.317 e. The van der Waals surface area contributed by atoms with Gasteiger partial charge in [0.1, 0.15) is 0 Å². The van der Waals surface area contributed by atoms with Gasteiger partial charge in [0.2, 0.25) is 5.89 Å². The summed E-state index contributed by atoms with van der Waals surface area (Å²) in [6, 6.07) is 0.00892. The molecule has 1 aromatic heterocycles. The first-order chi connectivity index (χ1) is 9.04. The lowest BCUT2D eigenvalue weighted by molar-refractivity contribution is 0.146. The Morgan fingerprint density at radius 2 is 2.11 bits per heavy atom. The highest BCUT2D eigenvalue weighted by Gasteiger charge is 2.25. The predicted molar refractivity (Wildman–Crippen MR) is 70.7 cm³/mol. The Kier molecular flexibility index (Phi) is 4.39. The molecule has 0 radical (unpaired) electrons. The second-order valence-corrected chi connectivity index (χ2v) is 5.57. The number of aromatic nitrogens is 2. The molecule has 1 fully saturated rings. The minimum atomic E-state index is 0.00892. The highest BCUT2D eigenvalue weighted by Crippen LogP contribution is 2.20. The van der Waals surface area contributed by atoms with Crippen molar-refractivity contribution in [2.24, 2.45) is 11.8 Å². The van der Waals surface area contributed by atoms with Gasteiger partial charge >= 0.3 is 6.03 Å². The van der Waals surface area contributed by atoms with Gasteiger partial charge in [0.25, 0.3) is 0 Å². The number of rotatable bonds is 3. The number of aryl methyl sites for hydroxylation is 1. The highest BCUT2D eigenvalue weighted by atomic mass is 16.5. The number of carbonyl (C=O) groups is 1. The van der Waals surface area contributed by atoms with Crippen LogP contribution in [-0.2, 0) is 6.42 Å². The van der Waals surface area contributed by atoms with Crippen LogP contribution in [0.4, 0.5) is 4.79 Å². The van der Waals surface area contributed by atoms with Gasteiger partial charge in [-0.2, -0.15) is 4.98 Å². The molecule has 2 heterocycles. The molecule has 2 unspecified atom stereocenters. The Morgan fingerprint density at radius 1 is 1.42 bits per heavy atom. The van der Waals surface area contributed by atoms with E-state index in [4.69, 9.17) is 4.52 Å². The summed E-state index contributed by atoms with van der Waals surface area (Å²) in [5, 5.41) is 6.63. The van der Waals surface area contributed by atoms with Gasteiger partial charge in [-0.15, -0.1) is 0 Å². The van der Waals surface area contributed by atoms with Crippen molar-refractivity contribution < 1.29 is 9.32 Å². The molecule has 2 atom stereocenters. The second-order valence-electron chi connectivity index (χ2n) is 5.57. The molecule has 6 heteroatoms. The molecule has 2 amide bonds. The average molecular weight is 266 g/mol. The van der Waals surface area contributed by atoms with Crippen LogP contribution in [0.15, 0.2) is 4.52 Å². The van der Waals surface area contributed by atoms with Crippen molar-refractivity contribution in [3.63, 3.8) is 0 Å². The van der Waals surface area contributed by atoms with Crippen LogP contribution in [0.2, 0.25) is 0 Å². The molecular weight excluding hydrogens is 244 g/mol. The van der Waals surface area contributed by atoms with Crippen molar-refractivity contribution in [2.75, 3.05) is 19.6 Å². The third-order valence-corrected chi connectivity index (χ3v) is 3.34. The van der Waals surface area contributed by atoms with Gasteiger partial charge < -0.3 is 14.7 Å². The molecule has 1 aliphatic heterocycles. The predicted octanol–water partition coefficient (Wildman–Crippen LogP) is 1.61. The zero-order valence-electron chi connectivity index (χ0n) is 11.8. The van der Waals surface area contributed by atoms with Crippen molar-refractivity contribution in [2.45, 2.75) is 33.6 Å². The van der Waals surface area contributed by atoms with Gasteiger partial charge in [-0.25, -0.2) is 4.79 Å².